The molecule has 1 atom stereocenters. The zero-order valence-corrected chi connectivity index (χ0v) is 19.3. The summed E-state index contributed by atoms with van der Waals surface area (Å²) < 4.78 is 2.03. The van der Waals surface area contributed by atoms with Crippen LogP contribution in [0.2, 0.25) is 0 Å². The van der Waals surface area contributed by atoms with E-state index in [-0.39, 0.29) is 18.4 Å². The fourth-order valence-corrected chi connectivity index (χ4v) is 4.91. The van der Waals surface area contributed by atoms with Crippen LogP contribution in [-0.2, 0) is 17.1 Å². The molecule has 0 fully saturated rings. The second kappa shape index (κ2) is 9.55. The molecule has 0 saturated carbocycles. The van der Waals surface area contributed by atoms with Gasteiger partial charge in [-0.3, -0.25) is 4.79 Å². The number of para-hydroxylation sites is 3. The van der Waals surface area contributed by atoms with Gasteiger partial charge in [0.05, 0.1) is 16.8 Å². The van der Waals surface area contributed by atoms with Crippen LogP contribution in [0.5, 0.6) is 0 Å². The van der Waals surface area contributed by atoms with E-state index >= 15 is 0 Å². The number of aromatic nitrogens is 3. The summed E-state index contributed by atoms with van der Waals surface area (Å²) in [4.78, 5) is 21.2. The van der Waals surface area contributed by atoms with Crippen molar-refractivity contribution in [1.29, 1.82) is 0 Å². The topological polar surface area (TPSA) is 62.7 Å². The van der Waals surface area contributed by atoms with Crippen molar-refractivity contribution in [3.8, 4) is 0 Å². The first-order valence-electron chi connectivity index (χ1n) is 11.1. The molecular formula is C27H26N4OS. The zero-order chi connectivity index (χ0) is 22.6. The summed E-state index contributed by atoms with van der Waals surface area (Å²) >= 11 is 1.71. The van der Waals surface area contributed by atoms with E-state index in [0.29, 0.717) is 6.54 Å². The second-order valence-electron chi connectivity index (χ2n) is 8.09. The highest BCUT2D eigenvalue weighted by Crippen LogP contribution is 2.30. The molecule has 5 rings (SSSR count). The van der Waals surface area contributed by atoms with Crippen molar-refractivity contribution < 1.29 is 4.79 Å². The predicted molar refractivity (Wildman–Crippen MR) is 137 cm³/mol. The maximum Gasteiger partial charge on any atom is 0.240 e. The third-order valence-electron chi connectivity index (χ3n) is 6.01. The van der Waals surface area contributed by atoms with Gasteiger partial charge in [-0.2, -0.15) is 11.8 Å². The number of fused-ring (bicyclic) bond motifs is 2. The summed E-state index contributed by atoms with van der Waals surface area (Å²) in [5, 5.41) is 4.38. The average molecular weight is 455 g/mol. The SMILES string of the molecule is CSCc1nc2ccccc2n1CC(=O)NC[C@H](c1ccccc1)c1c[nH]c2ccccc12. The standard InChI is InChI=1S/C27H26N4OS/c1-33-18-26-30-24-13-7-8-14-25(24)31(26)17-27(32)29-15-21(19-9-3-2-4-10-19)22-16-28-23-12-6-5-11-20(22)23/h2-14,16,21,28H,15,17-18H2,1H3,(H,29,32)/t21-/m1/s1. The molecule has 33 heavy (non-hydrogen) atoms. The van der Waals surface area contributed by atoms with E-state index in [4.69, 9.17) is 4.98 Å². The lowest BCUT2D eigenvalue weighted by atomic mass is 9.91. The van der Waals surface area contributed by atoms with E-state index < -0.39 is 0 Å². The van der Waals surface area contributed by atoms with Gasteiger partial charge in [0.15, 0.2) is 0 Å². The second-order valence-corrected chi connectivity index (χ2v) is 8.96. The van der Waals surface area contributed by atoms with Gasteiger partial charge in [0.2, 0.25) is 5.91 Å². The Morgan fingerprint density at radius 3 is 2.64 bits per heavy atom. The molecule has 3 aromatic carbocycles. The summed E-state index contributed by atoms with van der Waals surface area (Å²) in [6.07, 6.45) is 4.11. The van der Waals surface area contributed by atoms with Crippen LogP contribution in [0.4, 0.5) is 0 Å². The summed E-state index contributed by atoms with van der Waals surface area (Å²) in [7, 11) is 0. The molecule has 5 nitrogen and oxygen atoms in total. The highest BCUT2D eigenvalue weighted by Gasteiger charge is 2.20. The molecule has 0 aliphatic rings. The molecule has 0 saturated heterocycles. The number of rotatable bonds is 8. The Labute approximate surface area is 197 Å². The first kappa shape index (κ1) is 21.3. The molecule has 0 radical (unpaired) electrons. The fraction of sp³-hybridized carbons (Fsp3) is 0.185. The van der Waals surface area contributed by atoms with Gasteiger partial charge < -0.3 is 14.9 Å². The highest BCUT2D eigenvalue weighted by atomic mass is 32.2. The van der Waals surface area contributed by atoms with Crippen LogP contribution >= 0.6 is 11.8 Å². The number of imidazole rings is 1. The van der Waals surface area contributed by atoms with Crippen molar-refractivity contribution >= 4 is 39.6 Å². The van der Waals surface area contributed by atoms with Crippen LogP contribution in [0.3, 0.4) is 0 Å². The van der Waals surface area contributed by atoms with Crippen LogP contribution in [0.25, 0.3) is 21.9 Å². The Balaban J connectivity index is 1.40. The van der Waals surface area contributed by atoms with Gasteiger partial charge in [-0.25, -0.2) is 4.98 Å². The minimum absolute atomic E-state index is 0.0127. The van der Waals surface area contributed by atoms with E-state index in [9.17, 15) is 4.79 Å². The van der Waals surface area contributed by atoms with Crippen molar-refractivity contribution in [3.63, 3.8) is 0 Å². The molecule has 2 N–H and O–H groups in total. The van der Waals surface area contributed by atoms with E-state index in [2.05, 4.69) is 53.1 Å². The number of hydrogen-bond donors (Lipinski definition) is 2. The monoisotopic (exact) mass is 454 g/mol. The number of hydrogen-bond acceptors (Lipinski definition) is 3. The summed E-state index contributed by atoms with van der Waals surface area (Å²) in [5.74, 6) is 1.73. The van der Waals surface area contributed by atoms with Crippen LogP contribution in [-0.4, -0.2) is 33.2 Å². The lowest BCUT2D eigenvalue weighted by Crippen LogP contribution is -2.32. The van der Waals surface area contributed by atoms with Gasteiger partial charge in [0, 0.05) is 29.6 Å². The summed E-state index contributed by atoms with van der Waals surface area (Å²) in [6.45, 7) is 0.779. The smallest absolute Gasteiger partial charge is 0.240 e. The molecule has 2 aromatic heterocycles. The molecule has 6 heteroatoms. The van der Waals surface area contributed by atoms with Crippen molar-refractivity contribution in [2.75, 3.05) is 12.8 Å². The number of amides is 1. The zero-order valence-electron chi connectivity index (χ0n) is 18.5. The van der Waals surface area contributed by atoms with Gasteiger partial charge >= 0.3 is 0 Å². The number of benzene rings is 3. The third-order valence-corrected chi connectivity index (χ3v) is 6.56. The summed E-state index contributed by atoms with van der Waals surface area (Å²) in [6, 6.07) is 26.6. The Bertz CT molecular complexity index is 1390. The molecule has 0 aliphatic heterocycles. The molecule has 0 spiro atoms. The van der Waals surface area contributed by atoms with Crippen molar-refractivity contribution in [2.45, 2.75) is 18.2 Å². The Hall–Kier alpha value is -3.51. The quantitative estimate of drug-likeness (QED) is 0.333. The molecule has 5 aromatic rings. The number of aromatic amines is 1. The van der Waals surface area contributed by atoms with E-state index in [0.717, 1.165) is 28.1 Å². The average Bonchev–Trinajstić information content (AvgIpc) is 3.42. The van der Waals surface area contributed by atoms with Crippen LogP contribution in [0.1, 0.15) is 22.9 Å². The first-order chi connectivity index (χ1) is 16.2. The number of carbonyl (C=O) groups excluding carboxylic acids is 1. The van der Waals surface area contributed by atoms with Crippen molar-refractivity contribution in [2.24, 2.45) is 0 Å². The predicted octanol–water partition coefficient (Wildman–Crippen LogP) is 5.33. The fourth-order valence-electron chi connectivity index (χ4n) is 4.43. The maximum absolute atomic E-state index is 13.1. The van der Waals surface area contributed by atoms with Crippen LogP contribution < -0.4 is 5.32 Å². The molecule has 166 valence electrons. The van der Waals surface area contributed by atoms with E-state index in [1.54, 1.807) is 11.8 Å². The van der Waals surface area contributed by atoms with Crippen LogP contribution in [0, 0.1) is 0 Å². The largest absolute Gasteiger partial charge is 0.361 e. The van der Waals surface area contributed by atoms with E-state index in [1.165, 1.54) is 16.5 Å². The van der Waals surface area contributed by atoms with Gasteiger partial charge in [-0.15, -0.1) is 0 Å². The van der Waals surface area contributed by atoms with Crippen LogP contribution in [0.15, 0.2) is 85.1 Å². The number of H-pyrrole nitrogens is 1. The third kappa shape index (κ3) is 4.39. The molecule has 2 heterocycles. The van der Waals surface area contributed by atoms with Gasteiger partial charge in [0.25, 0.3) is 0 Å². The van der Waals surface area contributed by atoms with Gasteiger partial charge in [0.1, 0.15) is 12.4 Å². The number of nitrogens with one attached hydrogen (secondary N) is 2. The first-order valence-corrected chi connectivity index (χ1v) is 12.4. The minimum Gasteiger partial charge on any atom is -0.361 e. The molecular weight excluding hydrogens is 428 g/mol. The number of thioether (sulfide) groups is 1. The molecule has 1 amide bonds. The van der Waals surface area contributed by atoms with E-state index in [1.807, 2.05) is 53.1 Å². The highest BCUT2D eigenvalue weighted by molar-refractivity contribution is 7.97. The maximum atomic E-state index is 13.1. The van der Waals surface area contributed by atoms with Crippen molar-refractivity contribution in [3.05, 3.63) is 102 Å². The lowest BCUT2D eigenvalue weighted by molar-refractivity contribution is -0.121. The van der Waals surface area contributed by atoms with Crippen molar-refractivity contribution in [1.82, 2.24) is 19.9 Å². The summed E-state index contributed by atoms with van der Waals surface area (Å²) in [5.41, 5.74) is 5.39. The number of nitrogens with zero attached hydrogens (tertiary/aromatic N) is 2. The Morgan fingerprint density at radius 2 is 1.79 bits per heavy atom. The van der Waals surface area contributed by atoms with Gasteiger partial charge in [-0.1, -0.05) is 60.7 Å². The molecule has 0 bridgehead atoms. The number of carbonyl (C=O) groups is 1. The Morgan fingerprint density at radius 1 is 1.03 bits per heavy atom. The normalized spacial score (nSPS) is 12.3. The van der Waals surface area contributed by atoms with Gasteiger partial charge in [-0.05, 0) is 35.6 Å². The Kier molecular flexibility index (Phi) is 6.17. The lowest BCUT2D eigenvalue weighted by Gasteiger charge is -2.19. The minimum atomic E-state index is -0.0127. The molecule has 0 unspecified atom stereocenters. The molecule has 0 aliphatic carbocycles.